The molecular weight excluding hydrogens is 140 g/mol. The van der Waals surface area contributed by atoms with Crippen LogP contribution in [-0.4, -0.2) is 24.0 Å². The Hall–Kier alpha value is -1.09. The molecule has 0 bridgehead atoms. The second kappa shape index (κ2) is 5.68. The Morgan fingerprint density at radius 1 is 1.73 bits per heavy atom. The van der Waals surface area contributed by atoms with E-state index in [1.165, 1.54) is 11.0 Å². The maximum Gasteiger partial charge on any atom is 0.247 e. The van der Waals surface area contributed by atoms with Crippen LogP contribution >= 0.6 is 0 Å². The summed E-state index contributed by atoms with van der Waals surface area (Å²) in [7, 11) is 0. The first kappa shape index (κ1) is 9.91. The third-order valence-electron chi connectivity index (χ3n) is 1.29. The van der Waals surface area contributed by atoms with E-state index in [9.17, 15) is 4.79 Å². The molecule has 0 atom stereocenters. The van der Waals surface area contributed by atoms with Gasteiger partial charge >= 0.3 is 0 Å². The molecule has 0 heterocycles. The molecule has 3 heteroatoms. The SMILES string of the molecule is C=C/C=C\C(=O)N(CC)CN. The molecule has 0 aliphatic heterocycles. The number of nitrogens with two attached hydrogens (primary N) is 1. The molecular formula is C8H14N2O. The van der Waals surface area contributed by atoms with Crippen molar-refractivity contribution in [3.8, 4) is 0 Å². The molecule has 1 amide bonds. The molecule has 0 aromatic heterocycles. The van der Waals surface area contributed by atoms with Gasteiger partial charge in [-0.05, 0) is 6.92 Å². The summed E-state index contributed by atoms with van der Waals surface area (Å²) in [4.78, 5) is 12.6. The maximum absolute atomic E-state index is 11.1. The fraction of sp³-hybridized carbons (Fsp3) is 0.375. The third-order valence-corrected chi connectivity index (χ3v) is 1.29. The highest BCUT2D eigenvalue weighted by Crippen LogP contribution is 1.87. The maximum atomic E-state index is 11.1. The molecule has 0 spiro atoms. The average molecular weight is 154 g/mol. The van der Waals surface area contributed by atoms with Gasteiger partial charge in [0.2, 0.25) is 5.91 Å². The lowest BCUT2D eigenvalue weighted by Crippen LogP contribution is -2.34. The van der Waals surface area contributed by atoms with E-state index in [1.807, 2.05) is 6.92 Å². The van der Waals surface area contributed by atoms with Crippen LogP contribution in [0.2, 0.25) is 0 Å². The minimum Gasteiger partial charge on any atom is -0.327 e. The molecule has 2 N–H and O–H groups in total. The molecule has 11 heavy (non-hydrogen) atoms. The number of allylic oxidation sites excluding steroid dienone is 2. The van der Waals surface area contributed by atoms with Crippen LogP contribution in [0.15, 0.2) is 24.8 Å². The van der Waals surface area contributed by atoms with E-state index < -0.39 is 0 Å². The van der Waals surface area contributed by atoms with Crippen molar-refractivity contribution in [2.75, 3.05) is 13.2 Å². The number of amides is 1. The highest BCUT2D eigenvalue weighted by Gasteiger charge is 2.03. The summed E-state index contributed by atoms with van der Waals surface area (Å²) < 4.78 is 0. The van der Waals surface area contributed by atoms with Crippen molar-refractivity contribution < 1.29 is 4.79 Å². The number of carbonyl (C=O) groups excluding carboxylic acids is 1. The van der Waals surface area contributed by atoms with Gasteiger partial charge in [0.1, 0.15) is 0 Å². The van der Waals surface area contributed by atoms with Gasteiger partial charge in [-0.15, -0.1) is 0 Å². The van der Waals surface area contributed by atoms with Gasteiger partial charge in [-0.2, -0.15) is 0 Å². The topological polar surface area (TPSA) is 46.3 Å². The minimum atomic E-state index is -0.0742. The number of likely N-dealkylation sites (N-methyl/N-ethyl adjacent to an activating group) is 1. The van der Waals surface area contributed by atoms with Crippen molar-refractivity contribution in [1.29, 1.82) is 0 Å². The Labute approximate surface area is 67.2 Å². The molecule has 0 saturated carbocycles. The molecule has 0 rings (SSSR count). The zero-order valence-corrected chi connectivity index (χ0v) is 6.79. The second-order valence-electron chi connectivity index (χ2n) is 1.97. The van der Waals surface area contributed by atoms with Crippen LogP contribution in [0.5, 0.6) is 0 Å². The van der Waals surface area contributed by atoms with Crippen LogP contribution in [0, 0.1) is 0 Å². The summed E-state index contributed by atoms with van der Waals surface area (Å²) in [5.74, 6) is -0.0742. The molecule has 62 valence electrons. The number of rotatable bonds is 4. The van der Waals surface area contributed by atoms with Gasteiger partial charge < -0.3 is 10.6 Å². The van der Waals surface area contributed by atoms with E-state index >= 15 is 0 Å². The number of hydrogen-bond donors (Lipinski definition) is 1. The highest BCUT2D eigenvalue weighted by molar-refractivity contribution is 5.87. The summed E-state index contributed by atoms with van der Waals surface area (Å²) in [6.07, 6.45) is 4.60. The van der Waals surface area contributed by atoms with E-state index in [-0.39, 0.29) is 12.6 Å². The summed E-state index contributed by atoms with van der Waals surface area (Å²) in [6, 6.07) is 0. The fourth-order valence-electron chi connectivity index (χ4n) is 0.631. The summed E-state index contributed by atoms with van der Waals surface area (Å²) >= 11 is 0. The van der Waals surface area contributed by atoms with Crippen molar-refractivity contribution in [1.82, 2.24) is 4.90 Å². The lowest BCUT2D eigenvalue weighted by molar-refractivity contribution is -0.125. The number of carbonyl (C=O) groups is 1. The van der Waals surface area contributed by atoms with Crippen molar-refractivity contribution in [3.63, 3.8) is 0 Å². The average Bonchev–Trinajstić information content (AvgIpc) is 2.03. The van der Waals surface area contributed by atoms with Gasteiger partial charge in [-0.3, -0.25) is 4.79 Å². The van der Waals surface area contributed by atoms with Crippen LogP contribution in [0.3, 0.4) is 0 Å². The van der Waals surface area contributed by atoms with Gasteiger partial charge in [-0.1, -0.05) is 18.7 Å². The van der Waals surface area contributed by atoms with Crippen molar-refractivity contribution in [2.45, 2.75) is 6.92 Å². The zero-order chi connectivity index (χ0) is 8.69. The molecule has 0 unspecified atom stereocenters. The van der Waals surface area contributed by atoms with E-state index in [2.05, 4.69) is 6.58 Å². The first-order valence-corrected chi connectivity index (χ1v) is 3.54. The first-order chi connectivity index (χ1) is 5.26. The normalized spacial score (nSPS) is 10.0. The summed E-state index contributed by atoms with van der Waals surface area (Å²) in [5, 5.41) is 0. The Morgan fingerprint density at radius 2 is 2.36 bits per heavy atom. The molecule has 0 fully saturated rings. The van der Waals surface area contributed by atoms with E-state index in [0.29, 0.717) is 6.54 Å². The van der Waals surface area contributed by atoms with Gasteiger partial charge in [0.15, 0.2) is 0 Å². The van der Waals surface area contributed by atoms with E-state index in [4.69, 9.17) is 5.73 Å². The van der Waals surface area contributed by atoms with Gasteiger partial charge in [-0.25, -0.2) is 0 Å². The van der Waals surface area contributed by atoms with Crippen LogP contribution < -0.4 is 5.73 Å². The lowest BCUT2D eigenvalue weighted by Gasteiger charge is -2.15. The Kier molecular flexibility index (Phi) is 5.11. The minimum absolute atomic E-state index is 0.0742. The predicted molar refractivity (Wildman–Crippen MR) is 45.8 cm³/mol. The highest BCUT2D eigenvalue weighted by atomic mass is 16.2. The van der Waals surface area contributed by atoms with E-state index in [0.717, 1.165) is 0 Å². The molecule has 0 radical (unpaired) electrons. The molecule has 0 aromatic carbocycles. The quantitative estimate of drug-likeness (QED) is 0.364. The number of hydrogen-bond acceptors (Lipinski definition) is 2. The fourth-order valence-corrected chi connectivity index (χ4v) is 0.631. The second-order valence-corrected chi connectivity index (χ2v) is 1.97. The van der Waals surface area contributed by atoms with Crippen molar-refractivity contribution >= 4 is 5.91 Å². The summed E-state index contributed by atoms with van der Waals surface area (Å²) in [6.45, 7) is 6.23. The Balaban J connectivity index is 3.98. The zero-order valence-electron chi connectivity index (χ0n) is 6.79. The molecule has 0 aliphatic rings. The Morgan fingerprint density at radius 3 is 2.73 bits per heavy atom. The molecule has 0 saturated heterocycles. The number of nitrogens with zero attached hydrogens (tertiary/aromatic N) is 1. The first-order valence-electron chi connectivity index (χ1n) is 3.54. The monoisotopic (exact) mass is 154 g/mol. The van der Waals surface area contributed by atoms with Crippen molar-refractivity contribution in [3.05, 3.63) is 24.8 Å². The summed E-state index contributed by atoms with van der Waals surface area (Å²) in [5.41, 5.74) is 5.30. The standard InChI is InChI=1S/C8H14N2O/c1-3-5-6-8(11)10(4-2)7-9/h3,5-6H,1,4,7,9H2,2H3/b6-5-. The van der Waals surface area contributed by atoms with Crippen molar-refractivity contribution in [2.24, 2.45) is 5.73 Å². The van der Waals surface area contributed by atoms with Gasteiger partial charge in [0.25, 0.3) is 0 Å². The van der Waals surface area contributed by atoms with E-state index in [1.54, 1.807) is 12.2 Å². The van der Waals surface area contributed by atoms with Gasteiger partial charge in [0, 0.05) is 12.6 Å². The van der Waals surface area contributed by atoms with Crippen LogP contribution in [-0.2, 0) is 4.79 Å². The largest absolute Gasteiger partial charge is 0.327 e. The Bertz CT molecular complexity index is 159. The predicted octanol–water partition coefficient (Wildman–Crippen LogP) is 0.493. The third kappa shape index (κ3) is 3.57. The molecule has 0 aliphatic carbocycles. The smallest absolute Gasteiger partial charge is 0.247 e. The van der Waals surface area contributed by atoms with Gasteiger partial charge in [0.05, 0.1) is 6.67 Å². The van der Waals surface area contributed by atoms with Crippen LogP contribution in [0.25, 0.3) is 0 Å². The molecule has 3 nitrogen and oxygen atoms in total. The molecule has 0 aromatic rings. The van der Waals surface area contributed by atoms with Crippen LogP contribution in [0.1, 0.15) is 6.92 Å². The van der Waals surface area contributed by atoms with Crippen LogP contribution in [0.4, 0.5) is 0 Å². The lowest BCUT2D eigenvalue weighted by atomic mass is 10.4.